The highest BCUT2D eigenvalue weighted by Gasteiger charge is 2.06. The van der Waals surface area contributed by atoms with Crippen LogP contribution in [-0.4, -0.2) is 11.6 Å². The van der Waals surface area contributed by atoms with Gasteiger partial charge < -0.3 is 0 Å². The third kappa shape index (κ3) is 3.81. The molecule has 0 aliphatic rings. The Morgan fingerprint density at radius 1 is 1.00 bits per heavy atom. The normalized spacial score (nSPS) is 11.5. The number of hydrazone groups is 1. The van der Waals surface area contributed by atoms with Gasteiger partial charge in [0.1, 0.15) is 0 Å². The van der Waals surface area contributed by atoms with Crippen LogP contribution < -0.4 is 5.43 Å². The molecule has 0 atom stereocenters. The number of amides is 1. The van der Waals surface area contributed by atoms with Crippen molar-refractivity contribution in [1.82, 2.24) is 5.43 Å². The summed E-state index contributed by atoms with van der Waals surface area (Å²) in [4.78, 5) is 12.0. The molecule has 3 aromatic rings. The molecule has 0 unspecified atom stereocenters. The second-order valence-electron chi connectivity index (χ2n) is 5.56. The number of carbonyl (C=O) groups is 1. The van der Waals surface area contributed by atoms with E-state index in [1.807, 2.05) is 43.3 Å². The van der Waals surface area contributed by atoms with E-state index in [0.717, 1.165) is 27.6 Å². The lowest BCUT2D eigenvalue weighted by molar-refractivity contribution is -0.120. The van der Waals surface area contributed by atoms with Gasteiger partial charge in [-0.15, -0.1) is 0 Å². The number of benzene rings is 3. The van der Waals surface area contributed by atoms with Crippen LogP contribution >= 0.6 is 11.6 Å². The molecule has 0 saturated heterocycles. The van der Waals surface area contributed by atoms with Crippen LogP contribution in [0.5, 0.6) is 0 Å². The zero-order chi connectivity index (χ0) is 16.9. The molecule has 1 amide bonds. The largest absolute Gasteiger partial charge is 0.273 e. The van der Waals surface area contributed by atoms with Crippen LogP contribution in [0.25, 0.3) is 10.8 Å². The monoisotopic (exact) mass is 336 g/mol. The van der Waals surface area contributed by atoms with Crippen molar-refractivity contribution in [3.63, 3.8) is 0 Å². The van der Waals surface area contributed by atoms with Gasteiger partial charge in [0.25, 0.3) is 0 Å². The molecule has 0 aromatic heterocycles. The first kappa shape index (κ1) is 16.2. The molecule has 24 heavy (non-hydrogen) atoms. The first-order valence-electron chi connectivity index (χ1n) is 7.69. The predicted octanol–water partition coefficient (Wildman–Crippen LogP) is 4.58. The molecule has 4 heteroatoms. The second-order valence-corrected chi connectivity index (χ2v) is 6.00. The number of halogens is 1. The van der Waals surface area contributed by atoms with Crippen molar-refractivity contribution in [2.45, 2.75) is 13.3 Å². The highest BCUT2D eigenvalue weighted by atomic mass is 35.5. The van der Waals surface area contributed by atoms with E-state index in [0.29, 0.717) is 5.02 Å². The highest BCUT2D eigenvalue weighted by Crippen LogP contribution is 2.19. The average molecular weight is 337 g/mol. The van der Waals surface area contributed by atoms with E-state index in [-0.39, 0.29) is 12.3 Å². The standard InChI is InChI=1S/C20H17ClN2O/c1-14(18-8-4-6-16-5-2-3-7-19(16)18)22-23-20(24)13-15-9-11-17(21)12-10-15/h2-12H,13H2,1H3,(H,23,24). The summed E-state index contributed by atoms with van der Waals surface area (Å²) in [6, 6.07) is 21.4. The number of nitrogens with zero attached hydrogens (tertiary/aromatic N) is 1. The molecule has 0 aliphatic carbocycles. The zero-order valence-corrected chi connectivity index (χ0v) is 14.0. The fraction of sp³-hybridized carbons (Fsp3) is 0.100. The maximum Gasteiger partial charge on any atom is 0.244 e. The predicted molar refractivity (Wildman–Crippen MR) is 99.5 cm³/mol. The van der Waals surface area contributed by atoms with Crippen molar-refractivity contribution >= 4 is 34.0 Å². The average Bonchev–Trinajstić information content (AvgIpc) is 2.61. The van der Waals surface area contributed by atoms with E-state index in [1.165, 1.54) is 0 Å². The number of carbonyl (C=O) groups excluding carboxylic acids is 1. The molecule has 0 radical (unpaired) electrons. The molecule has 3 aromatic carbocycles. The van der Waals surface area contributed by atoms with Crippen LogP contribution in [0.4, 0.5) is 0 Å². The van der Waals surface area contributed by atoms with E-state index in [2.05, 4.69) is 28.7 Å². The number of fused-ring (bicyclic) bond motifs is 1. The molecule has 3 rings (SSSR count). The molecular weight excluding hydrogens is 320 g/mol. The Bertz CT molecular complexity index is 896. The summed E-state index contributed by atoms with van der Waals surface area (Å²) in [5.74, 6) is -0.156. The van der Waals surface area contributed by atoms with Crippen molar-refractivity contribution < 1.29 is 4.79 Å². The zero-order valence-electron chi connectivity index (χ0n) is 13.3. The van der Waals surface area contributed by atoms with Crippen LogP contribution in [0.15, 0.2) is 71.8 Å². The molecule has 0 fully saturated rings. The molecule has 0 heterocycles. The Morgan fingerprint density at radius 2 is 1.71 bits per heavy atom. The van der Waals surface area contributed by atoms with Gasteiger partial charge in [-0.1, -0.05) is 66.2 Å². The maximum atomic E-state index is 12.0. The minimum Gasteiger partial charge on any atom is -0.273 e. The third-order valence-corrected chi connectivity index (χ3v) is 4.06. The van der Waals surface area contributed by atoms with E-state index < -0.39 is 0 Å². The maximum absolute atomic E-state index is 12.0. The fourth-order valence-corrected chi connectivity index (χ4v) is 2.70. The van der Waals surface area contributed by atoms with Gasteiger partial charge in [0.2, 0.25) is 5.91 Å². The Balaban J connectivity index is 1.73. The summed E-state index contributed by atoms with van der Waals surface area (Å²) in [5, 5.41) is 7.17. The number of hydrogen-bond acceptors (Lipinski definition) is 2. The summed E-state index contributed by atoms with van der Waals surface area (Å²) < 4.78 is 0. The topological polar surface area (TPSA) is 41.5 Å². The Hall–Kier alpha value is -2.65. The van der Waals surface area contributed by atoms with E-state index in [1.54, 1.807) is 12.1 Å². The number of nitrogens with one attached hydrogen (secondary N) is 1. The summed E-state index contributed by atoms with van der Waals surface area (Å²) in [5.41, 5.74) is 5.31. The van der Waals surface area contributed by atoms with E-state index in [9.17, 15) is 4.79 Å². The van der Waals surface area contributed by atoms with Gasteiger partial charge in [-0.05, 0) is 35.4 Å². The van der Waals surface area contributed by atoms with Crippen molar-refractivity contribution in [2.24, 2.45) is 5.10 Å². The molecule has 120 valence electrons. The van der Waals surface area contributed by atoms with Crippen molar-refractivity contribution in [2.75, 3.05) is 0 Å². The summed E-state index contributed by atoms with van der Waals surface area (Å²) >= 11 is 5.84. The quantitative estimate of drug-likeness (QED) is 0.550. The molecule has 0 aliphatic heterocycles. The Morgan fingerprint density at radius 3 is 2.50 bits per heavy atom. The van der Waals surface area contributed by atoms with Gasteiger partial charge in [0.05, 0.1) is 12.1 Å². The lowest BCUT2D eigenvalue weighted by Gasteiger charge is -2.07. The van der Waals surface area contributed by atoms with Gasteiger partial charge in [-0.3, -0.25) is 4.79 Å². The highest BCUT2D eigenvalue weighted by molar-refractivity contribution is 6.30. The number of rotatable bonds is 4. The van der Waals surface area contributed by atoms with Gasteiger partial charge in [-0.25, -0.2) is 5.43 Å². The van der Waals surface area contributed by atoms with Crippen molar-refractivity contribution in [3.8, 4) is 0 Å². The lowest BCUT2D eigenvalue weighted by Crippen LogP contribution is -2.21. The Kier molecular flexibility index (Phi) is 4.92. The molecule has 0 saturated carbocycles. The summed E-state index contributed by atoms with van der Waals surface area (Å²) in [7, 11) is 0. The lowest BCUT2D eigenvalue weighted by atomic mass is 10.0. The van der Waals surface area contributed by atoms with Gasteiger partial charge in [0, 0.05) is 10.6 Å². The van der Waals surface area contributed by atoms with Gasteiger partial charge in [0.15, 0.2) is 0 Å². The molecule has 3 nitrogen and oxygen atoms in total. The number of hydrogen-bond donors (Lipinski definition) is 1. The van der Waals surface area contributed by atoms with Crippen LogP contribution in [0.1, 0.15) is 18.1 Å². The SMILES string of the molecule is CC(=NNC(=O)Cc1ccc(Cl)cc1)c1cccc2ccccc12. The summed E-state index contributed by atoms with van der Waals surface area (Å²) in [6.07, 6.45) is 0.267. The van der Waals surface area contributed by atoms with Crippen LogP contribution in [0, 0.1) is 0 Å². The van der Waals surface area contributed by atoms with Gasteiger partial charge in [-0.2, -0.15) is 5.10 Å². The molecular formula is C20H17ClN2O. The molecule has 0 bridgehead atoms. The first-order chi connectivity index (χ1) is 11.6. The second kappa shape index (κ2) is 7.28. The van der Waals surface area contributed by atoms with Crippen LogP contribution in [-0.2, 0) is 11.2 Å². The first-order valence-corrected chi connectivity index (χ1v) is 8.07. The van der Waals surface area contributed by atoms with E-state index >= 15 is 0 Å². The van der Waals surface area contributed by atoms with Crippen molar-refractivity contribution in [3.05, 3.63) is 82.9 Å². The fourth-order valence-electron chi connectivity index (χ4n) is 2.57. The molecule has 0 spiro atoms. The summed E-state index contributed by atoms with van der Waals surface area (Å²) in [6.45, 7) is 1.89. The third-order valence-electron chi connectivity index (χ3n) is 3.81. The van der Waals surface area contributed by atoms with Crippen molar-refractivity contribution in [1.29, 1.82) is 0 Å². The molecule has 1 N–H and O–H groups in total. The minimum atomic E-state index is -0.156. The Labute approximate surface area is 146 Å². The van der Waals surface area contributed by atoms with Crippen LogP contribution in [0.2, 0.25) is 5.02 Å². The minimum absolute atomic E-state index is 0.156. The van der Waals surface area contributed by atoms with Crippen LogP contribution in [0.3, 0.4) is 0 Å². The smallest absolute Gasteiger partial charge is 0.244 e. The van der Waals surface area contributed by atoms with Gasteiger partial charge >= 0.3 is 0 Å². The van der Waals surface area contributed by atoms with E-state index in [4.69, 9.17) is 11.6 Å².